The largest absolute Gasteiger partial charge is 0.478 e. The Kier molecular flexibility index (Phi) is 2.92. The van der Waals surface area contributed by atoms with Crippen molar-refractivity contribution in [1.82, 2.24) is 0 Å². The Morgan fingerprint density at radius 1 is 1.33 bits per heavy atom. The zero-order valence-corrected chi connectivity index (χ0v) is 9.98. The first-order chi connectivity index (χ1) is 8.46. The molecule has 2 rings (SSSR count). The lowest BCUT2D eigenvalue weighted by Gasteiger charge is -2.29. The van der Waals surface area contributed by atoms with Gasteiger partial charge in [-0.25, -0.2) is 4.79 Å². The first-order valence-electron chi connectivity index (χ1n) is 5.35. The number of carbonyl (C=O) groups excluding carboxylic acids is 2. The highest BCUT2D eigenvalue weighted by atomic mass is 16.7. The standard InChI is InChI=1S/C12H12O6/c1-17-12(18-2)4-3-6-8(13)5-7(11(15)16)10(14)9(6)12/h5H,3-4H2,1-2H3,(H,15,16). The summed E-state index contributed by atoms with van der Waals surface area (Å²) in [6, 6.07) is 0. The van der Waals surface area contributed by atoms with Gasteiger partial charge in [0.05, 0.1) is 5.57 Å². The molecule has 18 heavy (non-hydrogen) atoms. The van der Waals surface area contributed by atoms with E-state index in [1.165, 1.54) is 14.2 Å². The molecule has 2 aliphatic carbocycles. The molecule has 0 aromatic rings. The molecule has 2 aliphatic rings. The molecule has 0 saturated carbocycles. The third-order valence-corrected chi connectivity index (χ3v) is 3.32. The SMILES string of the molecule is COC1(OC)CCC2=C1C(=O)C(C(=O)O)=CC2=O. The smallest absolute Gasteiger partial charge is 0.339 e. The van der Waals surface area contributed by atoms with E-state index in [0.717, 1.165) is 6.08 Å². The number of Topliss-reactive ketones (excluding diaryl/α,β-unsaturated/α-hetero) is 1. The number of carboxylic acid groups (broad SMARTS) is 1. The summed E-state index contributed by atoms with van der Waals surface area (Å²) in [5, 5.41) is 8.92. The molecule has 96 valence electrons. The quantitative estimate of drug-likeness (QED) is 0.439. The number of hydrogen-bond acceptors (Lipinski definition) is 5. The Morgan fingerprint density at radius 3 is 2.44 bits per heavy atom. The summed E-state index contributed by atoms with van der Waals surface area (Å²) < 4.78 is 10.4. The molecular formula is C12H12O6. The van der Waals surface area contributed by atoms with E-state index in [0.29, 0.717) is 12.8 Å². The number of ketones is 2. The summed E-state index contributed by atoms with van der Waals surface area (Å²) in [5.74, 6) is -3.90. The number of carbonyl (C=O) groups is 3. The molecule has 0 spiro atoms. The van der Waals surface area contributed by atoms with Crippen LogP contribution >= 0.6 is 0 Å². The molecule has 0 aromatic carbocycles. The van der Waals surface area contributed by atoms with Crippen LogP contribution in [0.4, 0.5) is 0 Å². The van der Waals surface area contributed by atoms with Gasteiger partial charge in [0, 0.05) is 32.3 Å². The van der Waals surface area contributed by atoms with Gasteiger partial charge in [0.15, 0.2) is 11.6 Å². The van der Waals surface area contributed by atoms with Gasteiger partial charge in [0.25, 0.3) is 0 Å². The Hall–Kier alpha value is -1.79. The number of carboxylic acids is 1. The highest BCUT2D eigenvalue weighted by molar-refractivity contribution is 6.33. The Balaban J connectivity index is 2.55. The fourth-order valence-corrected chi connectivity index (χ4v) is 2.39. The van der Waals surface area contributed by atoms with Crippen molar-refractivity contribution in [3.05, 3.63) is 22.8 Å². The Labute approximate surface area is 103 Å². The average Bonchev–Trinajstić information content (AvgIpc) is 2.74. The number of rotatable bonds is 3. The van der Waals surface area contributed by atoms with Gasteiger partial charge in [-0.3, -0.25) is 9.59 Å². The average molecular weight is 252 g/mol. The maximum absolute atomic E-state index is 12.1. The van der Waals surface area contributed by atoms with Gasteiger partial charge in [-0.05, 0) is 6.42 Å². The normalized spacial score (nSPS) is 22.0. The number of methoxy groups -OCH3 is 2. The van der Waals surface area contributed by atoms with Crippen molar-refractivity contribution in [1.29, 1.82) is 0 Å². The Bertz CT molecular complexity index is 507. The van der Waals surface area contributed by atoms with Crippen molar-refractivity contribution < 1.29 is 29.0 Å². The highest BCUT2D eigenvalue weighted by Gasteiger charge is 2.50. The molecule has 0 bridgehead atoms. The van der Waals surface area contributed by atoms with Gasteiger partial charge in [-0.15, -0.1) is 0 Å². The van der Waals surface area contributed by atoms with E-state index >= 15 is 0 Å². The number of allylic oxidation sites excluding steroid dienone is 2. The minimum Gasteiger partial charge on any atom is -0.478 e. The Morgan fingerprint density at radius 2 is 1.94 bits per heavy atom. The molecule has 0 fully saturated rings. The lowest BCUT2D eigenvalue weighted by molar-refractivity contribution is -0.179. The summed E-state index contributed by atoms with van der Waals surface area (Å²) in [7, 11) is 2.71. The van der Waals surface area contributed by atoms with Crippen molar-refractivity contribution in [2.24, 2.45) is 0 Å². The molecule has 0 amide bonds. The van der Waals surface area contributed by atoms with Crippen molar-refractivity contribution in [3.8, 4) is 0 Å². The van der Waals surface area contributed by atoms with Gasteiger partial charge in [0.1, 0.15) is 5.57 Å². The molecule has 6 nitrogen and oxygen atoms in total. The predicted octanol–water partition coefficient (Wildman–Crippen LogP) is 0.229. The van der Waals surface area contributed by atoms with Crippen LogP contribution in [0.15, 0.2) is 22.8 Å². The molecule has 0 radical (unpaired) electrons. The minimum atomic E-state index is -1.42. The van der Waals surface area contributed by atoms with Crippen LogP contribution in [-0.2, 0) is 23.9 Å². The van der Waals surface area contributed by atoms with Gasteiger partial charge in [-0.1, -0.05) is 0 Å². The molecule has 0 aliphatic heterocycles. The third kappa shape index (κ3) is 1.53. The van der Waals surface area contributed by atoms with Crippen LogP contribution in [0.2, 0.25) is 0 Å². The first-order valence-corrected chi connectivity index (χ1v) is 5.35. The second-order valence-corrected chi connectivity index (χ2v) is 4.07. The zero-order valence-electron chi connectivity index (χ0n) is 9.98. The molecule has 0 atom stereocenters. The van der Waals surface area contributed by atoms with Crippen molar-refractivity contribution >= 4 is 17.5 Å². The van der Waals surface area contributed by atoms with E-state index in [9.17, 15) is 14.4 Å². The molecule has 0 aromatic heterocycles. The maximum Gasteiger partial charge on any atom is 0.339 e. The molecule has 0 heterocycles. The zero-order chi connectivity index (χ0) is 13.5. The lowest BCUT2D eigenvalue weighted by atomic mass is 9.89. The van der Waals surface area contributed by atoms with Gasteiger partial charge in [0.2, 0.25) is 5.78 Å². The third-order valence-electron chi connectivity index (χ3n) is 3.32. The topological polar surface area (TPSA) is 89.9 Å². The summed E-state index contributed by atoms with van der Waals surface area (Å²) in [4.78, 5) is 34.8. The lowest BCUT2D eigenvalue weighted by Crippen LogP contribution is -2.39. The first kappa shape index (κ1) is 12.7. The molecule has 6 heteroatoms. The fourth-order valence-electron chi connectivity index (χ4n) is 2.39. The summed E-state index contributed by atoms with van der Waals surface area (Å²) >= 11 is 0. The van der Waals surface area contributed by atoms with Gasteiger partial charge in [-0.2, -0.15) is 0 Å². The van der Waals surface area contributed by atoms with Crippen LogP contribution in [0, 0.1) is 0 Å². The number of hydrogen-bond donors (Lipinski definition) is 1. The van der Waals surface area contributed by atoms with E-state index in [1.807, 2.05) is 0 Å². The molecular weight excluding hydrogens is 240 g/mol. The second-order valence-electron chi connectivity index (χ2n) is 4.07. The van der Waals surface area contributed by atoms with E-state index in [-0.39, 0.29) is 11.1 Å². The summed E-state index contributed by atoms with van der Waals surface area (Å²) in [6.45, 7) is 0. The monoisotopic (exact) mass is 252 g/mol. The maximum atomic E-state index is 12.1. The van der Waals surface area contributed by atoms with Crippen molar-refractivity contribution in [2.75, 3.05) is 14.2 Å². The fraction of sp³-hybridized carbons (Fsp3) is 0.417. The molecule has 0 saturated heterocycles. The van der Waals surface area contributed by atoms with Crippen LogP contribution in [0.5, 0.6) is 0 Å². The van der Waals surface area contributed by atoms with E-state index in [1.54, 1.807) is 0 Å². The van der Waals surface area contributed by atoms with E-state index < -0.39 is 28.9 Å². The molecule has 0 unspecified atom stereocenters. The molecule has 1 N–H and O–H groups in total. The van der Waals surface area contributed by atoms with Crippen LogP contribution < -0.4 is 0 Å². The highest BCUT2D eigenvalue weighted by Crippen LogP contribution is 2.42. The number of ether oxygens (including phenoxy) is 2. The summed E-state index contributed by atoms with van der Waals surface area (Å²) in [6.07, 6.45) is 1.53. The van der Waals surface area contributed by atoms with Crippen molar-refractivity contribution in [2.45, 2.75) is 18.6 Å². The van der Waals surface area contributed by atoms with Gasteiger partial charge >= 0.3 is 5.97 Å². The van der Waals surface area contributed by atoms with E-state index in [4.69, 9.17) is 14.6 Å². The number of aliphatic carboxylic acids is 1. The predicted molar refractivity (Wildman–Crippen MR) is 58.7 cm³/mol. The van der Waals surface area contributed by atoms with Crippen LogP contribution in [0.1, 0.15) is 12.8 Å². The van der Waals surface area contributed by atoms with Crippen LogP contribution in [0.3, 0.4) is 0 Å². The minimum absolute atomic E-state index is 0.0254. The van der Waals surface area contributed by atoms with Crippen molar-refractivity contribution in [3.63, 3.8) is 0 Å². The second kappa shape index (κ2) is 4.15. The van der Waals surface area contributed by atoms with Crippen LogP contribution in [0.25, 0.3) is 0 Å². The van der Waals surface area contributed by atoms with Crippen LogP contribution in [-0.4, -0.2) is 42.6 Å². The summed E-state index contributed by atoms with van der Waals surface area (Å²) in [5.41, 5.74) is -0.231. The van der Waals surface area contributed by atoms with E-state index in [2.05, 4.69) is 0 Å². The van der Waals surface area contributed by atoms with Gasteiger partial charge < -0.3 is 14.6 Å².